The van der Waals surface area contributed by atoms with Gasteiger partial charge in [0.15, 0.2) is 0 Å². The van der Waals surface area contributed by atoms with Gasteiger partial charge in [-0.25, -0.2) is 0 Å². The minimum absolute atomic E-state index is 0.0893. The van der Waals surface area contributed by atoms with Crippen molar-refractivity contribution in [1.29, 1.82) is 0 Å². The van der Waals surface area contributed by atoms with Crippen molar-refractivity contribution in [3.8, 4) is 11.8 Å². The number of hydrogen-bond donors (Lipinski definition) is 1. The van der Waals surface area contributed by atoms with E-state index in [1.54, 1.807) is 6.07 Å². The van der Waals surface area contributed by atoms with Crippen molar-refractivity contribution < 1.29 is 18.3 Å². The second-order valence-corrected chi connectivity index (χ2v) is 3.60. The molecule has 1 nitrogen and oxygen atoms in total. The molecule has 0 bridgehead atoms. The average Bonchev–Trinajstić information content (AvgIpc) is 2.33. The number of hydrogen-bond acceptors (Lipinski definition) is 1. The van der Waals surface area contributed by atoms with Crippen molar-refractivity contribution in [3.05, 3.63) is 41.5 Å². The zero-order valence-corrected chi connectivity index (χ0v) is 9.67. The summed E-state index contributed by atoms with van der Waals surface area (Å²) in [6.07, 6.45) is -0.113. The Bertz CT molecular complexity index is 464. The quantitative estimate of drug-likeness (QED) is 0.646. The Balaban J connectivity index is 2.67. The molecule has 0 unspecified atom stereocenters. The van der Waals surface area contributed by atoms with E-state index in [0.29, 0.717) is 18.4 Å². The Labute approximate surface area is 104 Å². The minimum atomic E-state index is -4.32. The van der Waals surface area contributed by atoms with Crippen LogP contribution in [-0.2, 0) is 6.18 Å². The van der Waals surface area contributed by atoms with Crippen molar-refractivity contribution >= 4 is 6.08 Å². The Hall–Kier alpha value is -1.73. The summed E-state index contributed by atoms with van der Waals surface area (Å²) in [5.41, 5.74) is -0.209. The molecule has 18 heavy (non-hydrogen) atoms. The predicted molar refractivity (Wildman–Crippen MR) is 64.6 cm³/mol. The molecule has 0 radical (unpaired) electrons. The molecule has 0 aliphatic carbocycles. The largest absolute Gasteiger partial charge is 0.416 e. The molecule has 0 amide bonds. The molecular weight excluding hydrogens is 241 g/mol. The van der Waals surface area contributed by atoms with Crippen molar-refractivity contribution in [2.45, 2.75) is 19.0 Å². The van der Waals surface area contributed by atoms with Gasteiger partial charge in [-0.15, -0.1) is 0 Å². The summed E-state index contributed by atoms with van der Waals surface area (Å²) >= 11 is 0. The highest BCUT2D eigenvalue weighted by atomic mass is 19.4. The standard InChI is InChI=1S/C14H13F3O/c15-14(16,17)13-9-6-8-12(11-13)7-4-2-1-3-5-10-18/h4,6-9,11,18H,3,5,10H2/b7-4+. The lowest BCUT2D eigenvalue weighted by Gasteiger charge is -2.06. The Morgan fingerprint density at radius 1 is 1.28 bits per heavy atom. The van der Waals surface area contributed by atoms with Gasteiger partial charge in [0.2, 0.25) is 0 Å². The van der Waals surface area contributed by atoms with Gasteiger partial charge >= 0.3 is 6.18 Å². The molecule has 0 saturated heterocycles. The molecule has 1 aromatic rings. The van der Waals surface area contributed by atoms with E-state index in [2.05, 4.69) is 11.8 Å². The van der Waals surface area contributed by atoms with Crippen molar-refractivity contribution in [2.24, 2.45) is 0 Å². The molecule has 0 spiro atoms. The first-order valence-electron chi connectivity index (χ1n) is 5.47. The first kappa shape index (κ1) is 14.3. The smallest absolute Gasteiger partial charge is 0.396 e. The normalized spacial score (nSPS) is 11.3. The molecule has 0 aromatic heterocycles. The fraction of sp³-hybridized carbons (Fsp3) is 0.286. The van der Waals surface area contributed by atoms with E-state index in [1.807, 2.05) is 0 Å². The lowest BCUT2D eigenvalue weighted by Crippen LogP contribution is -2.04. The maximum absolute atomic E-state index is 12.4. The third kappa shape index (κ3) is 5.07. The highest BCUT2D eigenvalue weighted by Crippen LogP contribution is 2.29. The summed E-state index contributed by atoms with van der Waals surface area (Å²) in [4.78, 5) is 0. The summed E-state index contributed by atoms with van der Waals surface area (Å²) in [6, 6.07) is 5.05. The van der Waals surface area contributed by atoms with Gasteiger partial charge in [0.05, 0.1) is 5.56 Å². The SMILES string of the molecule is OCCCC#C/C=C/c1cccc(C(F)(F)F)c1. The van der Waals surface area contributed by atoms with Crippen LogP contribution >= 0.6 is 0 Å². The molecule has 0 aliphatic heterocycles. The third-order valence-corrected chi connectivity index (χ3v) is 2.14. The van der Waals surface area contributed by atoms with Gasteiger partial charge in [0.25, 0.3) is 0 Å². The average molecular weight is 254 g/mol. The number of aliphatic hydroxyl groups is 1. The van der Waals surface area contributed by atoms with E-state index in [0.717, 1.165) is 12.1 Å². The summed E-state index contributed by atoms with van der Waals surface area (Å²) in [5, 5.41) is 8.52. The number of aliphatic hydroxyl groups excluding tert-OH is 1. The van der Waals surface area contributed by atoms with Crippen LogP contribution in [0.4, 0.5) is 13.2 Å². The van der Waals surface area contributed by atoms with Crippen LogP contribution in [-0.4, -0.2) is 11.7 Å². The van der Waals surface area contributed by atoms with Crippen LogP contribution in [0.5, 0.6) is 0 Å². The fourth-order valence-corrected chi connectivity index (χ4v) is 1.26. The minimum Gasteiger partial charge on any atom is -0.396 e. The molecule has 0 aliphatic rings. The number of halogens is 3. The number of rotatable bonds is 3. The van der Waals surface area contributed by atoms with E-state index in [-0.39, 0.29) is 6.61 Å². The van der Waals surface area contributed by atoms with Crippen LogP contribution in [0.1, 0.15) is 24.0 Å². The van der Waals surface area contributed by atoms with E-state index in [4.69, 9.17) is 5.11 Å². The Kier molecular flexibility index (Phi) is 5.47. The molecule has 0 saturated carbocycles. The molecule has 0 heterocycles. The van der Waals surface area contributed by atoms with Crippen molar-refractivity contribution in [3.63, 3.8) is 0 Å². The Morgan fingerprint density at radius 2 is 2.06 bits per heavy atom. The summed E-state index contributed by atoms with van der Waals surface area (Å²) in [6.45, 7) is 0.0893. The zero-order valence-electron chi connectivity index (χ0n) is 9.67. The van der Waals surface area contributed by atoms with Crippen LogP contribution in [0.2, 0.25) is 0 Å². The molecule has 0 fully saturated rings. The lowest BCUT2D eigenvalue weighted by molar-refractivity contribution is -0.137. The van der Waals surface area contributed by atoms with Crippen LogP contribution in [0.3, 0.4) is 0 Å². The number of allylic oxidation sites excluding steroid dienone is 1. The second kappa shape index (κ2) is 6.87. The zero-order chi connectivity index (χ0) is 13.4. The molecule has 4 heteroatoms. The summed E-state index contributed by atoms with van der Waals surface area (Å²) < 4.78 is 37.3. The Morgan fingerprint density at radius 3 is 2.72 bits per heavy atom. The van der Waals surface area contributed by atoms with Gasteiger partial charge in [-0.3, -0.25) is 0 Å². The maximum atomic E-state index is 12.4. The third-order valence-electron chi connectivity index (χ3n) is 2.14. The van der Waals surface area contributed by atoms with Crippen LogP contribution < -0.4 is 0 Å². The van der Waals surface area contributed by atoms with Gasteiger partial charge in [0.1, 0.15) is 0 Å². The van der Waals surface area contributed by atoms with Crippen LogP contribution in [0.25, 0.3) is 6.08 Å². The fourth-order valence-electron chi connectivity index (χ4n) is 1.26. The molecular formula is C14H13F3O. The first-order chi connectivity index (χ1) is 8.54. The van der Waals surface area contributed by atoms with Crippen molar-refractivity contribution in [2.75, 3.05) is 6.61 Å². The molecule has 1 rings (SSSR count). The van der Waals surface area contributed by atoms with Gasteiger partial charge in [0, 0.05) is 13.0 Å². The highest BCUT2D eigenvalue weighted by molar-refractivity contribution is 5.53. The van der Waals surface area contributed by atoms with E-state index < -0.39 is 11.7 Å². The van der Waals surface area contributed by atoms with E-state index in [1.165, 1.54) is 18.2 Å². The van der Waals surface area contributed by atoms with Gasteiger partial charge in [-0.05, 0) is 36.3 Å². The number of benzene rings is 1. The van der Waals surface area contributed by atoms with Crippen LogP contribution in [0.15, 0.2) is 30.3 Å². The monoisotopic (exact) mass is 254 g/mol. The molecule has 0 atom stereocenters. The second-order valence-electron chi connectivity index (χ2n) is 3.60. The summed E-state index contributed by atoms with van der Waals surface area (Å²) in [7, 11) is 0. The van der Waals surface area contributed by atoms with Gasteiger partial charge in [-0.1, -0.05) is 24.0 Å². The maximum Gasteiger partial charge on any atom is 0.416 e. The topological polar surface area (TPSA) is 20.2 Å². The highest BCUT2D eigenvalue weighted by Gasteiger charge is 2.30. The molecule has 96 valence electrons. The first-order valence-corrected chi connectivity index (χ1v) is 5.47. The van der Waals surface area contributed by atoms with Crippen molar-refractivity contribution in [1.82, 2.24) is 0 Å². The number of unbranched alkanes of at least 4 members (excludes halogenated alkanes) is 1. The van der Waals surface area contributed by atoms with Crippen LogP contribution in [0, 0.1) is 11.8 Å². The van der Waals surface area contributed by atoms with E-state index >= 15 is 0 Å². The molecule has 1 aromatic carbocycles. The molecule has 1 N–H and O–H groups in total. The van der Waals surface area contributed by atoms with E-state index in [9.17, 15) is 13.2 Å². The van der Waals surface area contributed by atoms with Gasteiger partial charge < -0.3 is 5.11 Å². The van der Waals surface area contributed by atoms with Gasteiger partial charge in [-0.2, -0.15) is 13.2 Å². The predicted octanol–water partition coefficient (Wildman–Crippen LogP) is 3.49. The lowest BCUT2D eigenvalue weighted by atomic mass is 10.1. The number of alkyl halides is 3. The summed E-state index contributed by atoms with van der Waals surface area (Å²) in [5.74, 6) is 5.49.